The first-order chi connectivity index (χ1) is 13.3. The predicted molar refractivity (Wildman–Crippen MR) is 100 cm³/mol. The summed E-state index contributed by atoms with van der Waals surface area (Å²) in [4.78, 5) is 25.9. The van der Waals surface area contributed by atoms with Gasteiger partial charge in [0.15, 0.2) is 11.6 Å². The zero-order valence-corrected chi connectivity index (χ0v) is 16.4. The van der Waals surface area contributed by atoms with E-state index in [1.54, 1.807) is 6.07 Å². The van der Waals surface area contributed by atoms with Crippen LogP contribution in [-0.4, -0.2) is 48.2 Å². The van der Waals surface area contributed by atoms with Crippen LogP contribution in [0.15, 0.2) is 18.2 Å². The number of carbonyl (C=O) groups is 2. The molecule has 1 spiro atoms. The Hall–Kier alpha value is -2.31. The molecule has 1 unspecified atom stereocenters. The third kappa shape index (κ3) is 3.66. The zero-order valence-electron chi connectivity index (χ0n) is 16.4. The van der Waals surface area contributed by atoms with Crippen molar-refractivity contribution in [2.45, 2.75) is 51.2 Å². The molecule has 2 saturated heterocycles. The van der Waals surface area contributed by atoms with Crippen LogP contribution in [0.25, 0.3) is 0 Å². The molecule has 3 aliphatic rings. The molecule has 1 atom stereocenters. The molecular formula is C21H27FN2O4. The Labute approximate surface area is 164 Å². The van der Waals surface area contributed by atoms with Crippen molar-refractivity contribution in [3.05, 3.63) is 29.6 Å². The van der Waals surface area contributed by atoms with E-state index in [1.807, 2.05) is 24.8 Å². The van der Waals surface area contributed by atoms with Crippen LogP contribution in [0.4, 0.5) is 9.18 Å². The summed E-state index contributed by atoms with van der Waals surface area (Å²) in [6.45, 7) is 5.57. The smallest absolute Gasteiger partial charge is 0.407 e. The minimum Gasteiger partial charge on any atom is -0.487 e. The molecule has 3 fully saturated rings. The monoisotopic (exact) mass is 390 g/mol. The molecule has 1 saturated carbocycles. The summed E-state index contributed by atoms with van der Waals surface area (Å²) in [7, 11) is 0. The average Bonchev–Trinajstić information content (AvgIpc) is 3.04. The van der Waals surface area contributed by atoms with Gasteiger partial charge in [0.2, 0.25) is 5.91 Å². The Morgan fingerprint density at radius 3 is 2.68 bits per heavy atom. The topological polar surface area (TPSA) is 67.9 Å². The van der Waals surface area contributed by atoms with E-state index in [9.17, 15) is 14.0 Å². The van der Waals surface area contributed by atoms with Crippen LogP contribution in [0.3, 0.4) is 0 Å². The lowest BCUT2D eigenvalue weighted by Crippen LogP contribution is -2.58. The maximum atomic E-state index is 14.0. The van der Waals surface area contributed by atoms with Crippen molar-refractivity contribution in [3.8, 4) is 5.75 Å². The number of hydrogen-bond acceptors (Lipinski definition) is 4. The number of aryl methyl sites for hydroxylation is 1. The fourth-order valence-corrected chi connectivity index (χ4v) is 4.62. The largest absolute Gasteiger partial charge is 0.487 e. The molecule has 6 nitrogen and oxygen atoms in total. The highest BCUT2D eigenvalue weighted by Crippen LogP contribution is 2.42. The molecule has 1 aliphatic carbocycles. The van der Waals surface area contributed by atoms with E-state index in [4.69, 9.17) is 9.47 Å². The summed E-state index contributed by atoms with van der Waals surface area (Å²) < 4.78 is 24.8. The van der Waals surface area contributed by atoms with E-state index in [-0.39, 0.29) is 41.1 Å². The Morgan fingerprint density at radius 1 is 1.36 bits per heavy atom. The normalized spacial score (nSPS) is 28.5. The molecule has 0 aromatic heterocycles. The van der Waals surface area contributed by atoms with Crippen molar-refractivity contribution < 1.29 is 23.5 Å². The van der Waals surface area contributed by atoms with Crippen LogP contribution in [0.2, 0.25) is 0 Å². The van der Waals surface area contributed by atoms with Gasteiger partial charge in [-0.1, -0.05) is 6.07 Å². The molecule has 7 heteroatoms. The van der Waals surface area contributed by atoms with E-state index < -0.39 is 0 Å². The Balaban J connectivity index is 1.25. The van der Waals surface area contributed by atoms with Crippen LogP contribution < -0.4 is 10.1 Å². The number of likely N-dealkylation sites (tertiary alicyclic amines) is 1. The predicted octanol–water partition coefficient (Wildman–Crippen LogP) is 3.03. The number of carbonyl (C=O) groups excluding carboxylic acids is 2. The summed E-state index contributed by atoms with van der Waals surface area (Å²) in [6, 6.07) is 5.00. The van der Waals surface area contributed by atoms with Gasteiger partial charge in [-0.05, 0) is 63.1 Å². The number of piperidine rings is 1. The summed E-state index contributed by atoms with van der Waals surface area (Å²) >= 11 is 0. The molecule has 2 amide bonds. The van der Waals surface area contributed by atoms with Crippen LogP contribution in [0, 0.1) is 24.6 Å². The Morgan fingerprint density at radius 2 is 2.07 bits per heavy atom. The molecule has 2 aliphatic heterocycles. The minimum atomic E-state index is -0.384. The Bertz CT molecular complexity index is 770. The SMILES string of the molecule is Cc1ccc(OC(C)C2CCN(C(=O)C3CC4(COC(=O)N4)C3)CC2)c(F)c1. The second-order valence-corrected chi connectivity index (χ2v) is 8.51. The number of halogens is 1. The number of nitrogens with zero attached hydrogens (tertiary/aromatic N) is 1. The van der Waals surface area contributed by atoms with Crippen molar-refractivity contribution >= 4 is 12.0 Å². The van der Waals surface area contributed by atoms with Crippen molar-refractivity contribution in [1.29, 1.82) is 0 Å². The van der Waals surface area contributed by atoms with Crippen molar-refractivity contribution in [1.82, 2.24) is 10.2 Å². The maximum absolute atomic E-state index is 14.0. The second-order valence-electron chi connectivity index (χ2n) is 8.51. The lowest BCUT2D eigenvalue weighted by molar-refractivity contribution is -0.143. The van der Waals surface area contributed by atoms with Crippen LogP contribution >= 0.6 is 0 Å². The van der Waals surface area contributed by atoms with Crippen molar-refractivity contribution in [3.63, 3.8) is 0 Å². The lowest BCUT2D eigenvalue weighted by Gasteiger charge is -2.45. The van der Waals surface area contributed by atoms with E-state index in [1.165, 1.54) is 6.07 Å². The standard InChI is InChI=1S/C21H27FN2O4/c1-13-3-4-18(17(22)9-13)28-14(2)15-5-7-24(8-6-15)19(25)16-10-21(11-16)12-27-20(26)23-21/h3-4,9,14-16H,5-8,10-12H2,1-2H3,(H,23,26). The van der Waals surface area contributed by atoms with Gasteiger partial charge < -0.3 is 19.7 Å². The van der Waals surface area contributed by atoms with Gasteiger partial charge in [0.25, 0.3) is 0 Å². The molecular weight excluding hydrogens is 363 g/mol. The summed E-state index contributed by atoms with van der Waals surface area (Å²) in [5.41, 5.74) is 0.543. The second kappa shape index (κ2) is 7.26. The quantitative estimate of drug-likeness (QED) is 0.858. The van der Waals surface area contributed by atoms with Gasteiger partial charge in [-0.2, -0.15) is 0 Å². The van der Waals surface area contributed by atoms with E-state index in [2.05, 4.69) is 5.32 Å². The number of hydrogen-bond donors (Lipinski definition) is 1. The number of nitrogens with one attached hydrogen (secondary N) is 1. The molecule has 1 N–H and O–H groups in total. The van der Waals surface area contributed by atoms with Crippen LogP contribution in [0.1, 0.15) is 38.2 Å². The van der Waals surface area contributed by atoms with Gasteiger partial charge in [0, 0.05) is 19.0 Å². The van der Waals surface area contributed by atoms with Gasteiger partial charge in [0.1, 0.15) is 6.61 Å². The highest BCUT2D eigenvalue weighted by molar-refractivity contribution is 5.81. The number of cyclic esters (lactones) is 1. The molecule has 1 aromatic rings. The summed E-state index contributed by atoms with van der Waals surface area (Å²) in [6.07, 6.45) is 2.52. The van der Waals surface area contributed by atoms with Gasteiger partial charge in [-0.25, -0.2) is 9.18 Å². The molecule has 152 valence electrons. The third-order valence-electron chi connectivity index (χ3n) is 6.39. The first-order valence-electron chi connectivity index (χ1n) is 10.0. The molecule has 28 heavy (non-hydrogen) atoms. The first kappa shape index (κ1) is 19.0. The van der Waals surface area contributed by atoms with Gasteiger partial charge in [-0.3, -0.25) is 4.79 Å². The van der Waals surface area contributed by atoms with Crippen LogP contribution in [0.5, 0.6) is 5.75 Å². The number of rotatable bonds is 4. The molecule has 0 bridgehead atoms. The first-order valence-corrected chi connectivity index (χ1v) is 10.0. The van der Waals surface area contributed by atoms with Gasteiger partial charge in [-0.15, -0.1) is 0 Å². The van der Waals surface area contributed by atoms with Crippen molar-refractivity contribution in [2.75, 3.05) is 19.7 Å². The maximum Gasteiger partial charge on any atom is 0.407 e. The number of alkyl carbamates (subject to hydrolysis) is 1. The van der Waals surface area contributed by atoms with E-state index >= 15 is 0 Å². The highest BCUT2D eigenvalue weighted by Gasteiger charge is 2.53. The third-order valence-corrected chi connectivity index (χ3v) is 6.39. The zero-order chi connectivity index (χ0) is 19.9. The van der Waals surface area contributed by atoms with Crippen LogP contribution in [-0.2, 0) is 9.53 Å². The average molecular weight is 390 g/mol. The Kier molecular flexibility index (Phi) is 4.93. The number of ether oxygens (including phenoxy) is 2. The molecule has 4 rings (SSSR count). The molecule has 2 heterocycles. The van der Waals surface area contributed by atoms with Crippen molar-refractivity contribution in [2.24, 2.45) is 11.8 Å². The van der Waals surface area contributed by atoms with E-state index in [0.717, 1.165) is 18.4 Å². The molecule has 0 radical (unpaired) electrons. The highest BCUT2D eigenvalue weighted by atomic mass is 19.1. The van der Waals surface area contributed by atoms with E-state index in [0.29, 0.717) is 38.5 Å². The fourth-order valence-electron chi connectivity index (χ4n) is 4.62. The van der Waals surface area contributed by atoms with Gasteiger partial charge >= 0.3 is 6.09 Å². The number of benzene rings is 1. The fraction of sp³-hybridized carbons (Fsp3) is 0.619. The minimum absolute atomic E-state index is 0.0334. The molecule has 1 aromatic carbocycles. The summed E-state index contributed by atoms with van der Waals surface area (Å²) in [5.74, 6) is 0.385. The summed E-state index contributed by atoms with van der Waals surface area (Å²) in [5, 5.41) is 2.83. The number of amides is 2. The van der Waals surface area contributed by atoms with Gasteiger partial charge in [0.05, 0.1) is 11.6 Å². The lowest BCUT2D eigenvalue weighted by atomic mass is 9.68.